The number of hydrogen-bond donors (Lipinski definition) is 0. The monoisotopic (exact) mass is 777 g/mol. The highest BCUT2D eigenvalue weighted by Crippen LogP contribution is 2.16. The molecule has 0 N–H and O–H groups in total. The largest absolute Gasteiger partial charge is 0.463 e. The molecule has 0 aromatic carbocycles. The van der Waals surface area contributed by atoms with Gasteiger partial charge in [0.1, 0.15) is 19.3 Å². The van der Waals surface area contributed by atoms with E-state index in [4.69, 9.17) is 14.2 Å². The van der Waals surface area contributed by atoms with Gasteiger partial charge in [-0.2, -0.15) is 0 Å². The molecule has 326 valence electrons. The normalized spacial score (nSPS) is 12.1. The first kappa shape index (κ1) is 53.6. The molecule has 0 unspecified atom stereocenters. The van der Waals surface area contributed by atoms with Gasteiger partial charge in [0.25, 0.3) is 0 Å². The van der Waals surface area contributed by atoms with E-state index < -0.39 is 6.10 Å². The highest BCUT2D eigenvalue weighted by atomic mass is 16.6. The third-order valence-corrected chi connectivity index (χ3v) is 11.1. The fraction of sp³-hybridized carbons (Fsp3) is 0.920. The van der Waals surface area contributed by atoms with Gasteiger partial charge in [-0.3, -0.25) is 9.59 Å². The second kappa shape index (κ2) is 47.0. The highest BCUT2D eigenvalue weighted by Gasteiger charge is 2.16. The first-order valence-electron chi connectivity index (χ1n) is 24.7. The lowest BCUT2D eigenvalue weighted by Gasteiger charge is -2.18. The number of ether oxygens (including phenoxy) is 3. The standard InChI is InChI=1S/C50H96O5/c1-4-7-10-13-16-19-22-24-25-26-27-30-33-36-39-42-45-53-48(46-54-49(51)43-40-37-34-31-28-21-18-15-12-9-6-3)47-55-50(52)44-41-38-35-32-29-23-20-17-14-11-8-5-2/h15,18,48H,4-14,16-17,19-47H2,1-3H3/b18-15-/t48-/m1/s1. The van der Waals surface area contributed by atoms with Crippen LogP contribution >= 0.6 is 0 Å². The zero-order valence-corrected chi connectivity index (χ0v) is 37.5. The van der Waals surface area contributed by atoms with Crippen LogP contribution in [0.2, 0.25) is 0 Å². The number of carbonyl (C=O) groups excluding carboxylic acids is 2. The third kappa shape index (κ3) is 45.2. The number of unbranched alkanes of at least 4 members (excludes halogenated alkanes) is 33. The van der Waals surface area contributed by atoms with Crippen LogP contribution in [0, 0.1) is 0 Å². The Morgan fingerprint density at radius 1 is 0.364 bits per heavy atom. The van der Waals surface area contributed by atoms with Crippen molar-refractivity contribution < 1.29 is 23.8 Å². The summed E-state index contributed by atoms with van der Waals surface area (Å²) in [5.74, 6) is -0.330. The van der Waals surface area contributed by atoms with Crippen molar-refractivity contribution in [1.29, 1.82) is 0 Å². The van der Waals surface area contributed by atoms with Gasteiger partial charge >= 0.3 is 11.9 Å². The molecule has 1 atom stereocenters. The van der Waals surface area contributed by atoms with E-state index in [2.05, 4.69) is 32.9 Å². The van der Waals surface area contributed by atoms with Gasteiger partial charge in [0, 0.05) is 19.4 Å². The molecule has 55 heavy (non-hydrogen) atoms. The van der Waals surface area contributed by atoms with Gasteiger partial charge in [0.05, 0.1) is 0 Å². The van der Waals surface area contributed by atoms with Crippen molar-refractivity contribution in [3.05, 3.63) is 12.2 Å². The minimum atomic E-state index is -0.392. The molecule has 0 amide bonds. The van der Waals surface area contributed by atoms with Crippen LogP contribution in [0.1, 0.15) is 271 Å². The minimum Gasteiger partial charge on any atom is -0.463 e. The SMILES string of the molecule is CCCC/C=C\CCCCCCCC(=O)OC[C@H](COC(=O)CCCCCCCCCCCCCC)OCCCCCCCCCCCCCCCCCC. The first-order chi connectivity index (χ1) is 27.1. The van der Waals surface area contributed by atoms with E-state index in [9.17, 15) is 9.59 Å². The molecular weight excluding hydrogens is 681 g/mol. The van der Waals surface area contributed by atoms with Crippen LogP contribution in [-0.4, -0.2) is 37.9 Å². The lowest BCUT2D eigenvalue weighted by Crippen LogP contribution is -2.29. The van der Waals surface area contributed by atoms with Gasteiger partial charge in [-0.05, 0) is 38.5 Å². The van der Waals surface area contributed by atoms with Gasteiger partial charge in [0.15, 0.2) is 0 Å². The molecule has 0 aromatic heterocycles. The zero-order chi connectivity index (χ0) is 40.0. The minimum absolute atomic E-state index is 0.161. The molecular formula is C50H96O5. The highest BCUT2D eigenvalue weighted by molar-refractivity contribution is 5.69. The number of allylic oxidation sites excluding steroid dienone is 2. The molecule has 0 radical (unpaired) electrons. The van der Waals surface area contributed by atoms with E-state index in [0.717, 1.165) is 51.4 Å². The van der Waals surface area contributed by atoms with E-state index >= 15 is 0 Å². The van der Waals surface area contributed by atoms with Crippen molar-refractivity contribution in [1.82, 2.24) is 0 Å². The average Bonchev–Trinajstić information content (AvgIpc) is 3.19. The van der Waals surface area contributed by atoms with E-state index in [-0.39, 0.29) is 25.2 Å². The molecule has 0 spiro atoms. The second-order valence-electron chi connectivity index (χ2n) is 16.7. The quantitative estimate of drug-likeness (QED) is 0.0350. The Balaban J connectivity index is 4.19. The Labute approximate surface area is 344 Å². The van der Waals surface area contributed by atoms with Crippen LogP contribution in [0.25, 0.3) is 0 Å². The van der Waals surface area contributed by atoms with Gasteiger partial charge < -0.3 is 14.2 Å². The van der Waals surface area contributed by atoms with Gasteiger partial charge in [-0.1, -0.05) is 232 Å². The first-order valence-corrected chi connectivity index (χ1v) is 24.7. The van der Waals surface area contributed by atoms with Crippen molar-refractivity contribution in [3.8, 4) is 0 Å². The summed E-state index contributed by atoms with van der Waals surface area (Å²) in [6, 6.07) is 0. The lowest BCUT2D eigenvalue weighted by molar-refractivity contribution is -0.155. The smallest absolute Gasteiger partial charge is 0.305 e. The van der Waals surface area contributed by atoms with Crippen LogP contribution in [0.3, 0.4) is 0 Å². The van der Waals surface area contributed by atoms with Crippen LogP contribution in [0.5, 0.6) is 0 Å². The Morgan fingerprint density at radius 3 is 1.02 bits per heavy atom. The molecule has 0 aliphatic heterocycles. The predicted octanol–water partition coefficient (Wildman–Crippen LogP) is 16.3. The fourth-order valence-electron chi connectivity index (χ4n) is 7.29. The topological polar surface area (TPSA) is 61.8 Å². The zero-order valence-electron chi connectivity index (χ0n) is 37.5. The van der Waals surface area contributed by atoms with E-state index in [1.54, 1.807) is 0 Å². The summed E-state index contributed by atoms with van der Waals surface area (Å²) in [5, 5.41) is 0. The van der Waals surface area contributed by atoms with Crippen molar-refractivity contribution in [3.63, 3.8) is 0 Å². The van der Waals surface area contributed by atoms with Gasteiger partial charge in [-0.15, -0.1) is 0 Å². The summed E-state index contributed by atoms with van der Waals surface area (Å²) in [5.41, 5.74) is 0. The Kier molecular flexibility index (Phi) is 45.9. The summed E-state index contributed by atoms with van der Waals surface area (Å²) in [6.45, 7) is 7.73. The van der Waals surface area contributed by atoms with Crippen molar-refractivity contribution >= 4 is 11.9 Å². The lowest BCUT2D eigenvalue weighted by atomic mass is 10.0. The molecule has 0 aromatic rings. The molecule has 5 heteroatoms. The molecule has 0 saturated carbocycles. The summed E-state index contributed by atoms with van der Waals surface area (Å²) in [6.07, 6.45) is 52.3. The number of carbonyl (C=O) groups is 2. The van der Waals surface area contributed by atoms with E-state index in [0.29, 0.717) is 19.4 Å². The van der Waals surface area contributed by atoms with Crippen molar-refractivity contribution in [2.24, 2.45) is 0 Å². The summed E-state index contributed by atoms with van der Waals surface area (Å²) in [4.78, 5) is 25.1. The van der Waals surface area contributed by atoms with E-state index in [1.165, 1.54) is 186 Å². The summed E-state index contributed by atoms with van der Waals surface area (Å²) >= 11 is 0. The van der Waals surface area contributed by atoms with Crippen LogP contribution in [-0.2, 0) is 23.8 Å². The number of rotatable bonds is 46. The number of hydrogen-bond acceptors (Lipinski definition) is 5. The van der Waals surface area contributed by atoms with E-state index in [1.807, 2.05) is 0 Å². The maximum Gasteiger partial charge on any atom is 0.305 e. The average molecular weight is 777 g/mol. The molecule has 5 nitrogen and oxygen atoms in total. The maximum absolute atomic E-state index is 12.5. The Hall–Kier alpha value is -1.36. The van der Waals surface area contributed by atoms with Crippen molar-refractivity contribution in [2.75, 3.05) is 19.8 Å². The summed E-state index contributed by atoms with van der Waals surface area (Å²) in [7, 11) is 0. The Morgan fingerprint density at radius 2 is 0.655 bits per heavy atom. The molecule has 0 rings (SSSR count). The maximum atomic E-state index is 12.5. The van der Waals surface area contributed by atoms with Gasteiger partial charge in [0.2, 0.25) is 0 Å². The third-order valence-electron chi connectivity index (χ3n) is 11.1. The molecule has 0 aliphatic carbocycles. The molecule has 0 heterocycles. The Bertz CT molecular complexity index is 795. The second-order valence-corrected chi connectivity index (χ2v) is 16.7. The summed E-state index contributed by atoms with van der Waals surface area (Å²) < 4.78 is 17.4. The predicted molar refractivity (Wildman–Crippen MR) is 238 cm³/mol. The van der Waals surface area contributed by atoms with Crippen molar-refractivity contribution in [2.45, 2.75) is 277 Å². The fourth-order valence-corrected chi connectivity index (χ4v) is 7.29. The van der Waals surface area contributed by atoms with Crippen LogP contribution in [0.15, 0.2) is 12.2 Å². The molecule has 0 aliphatic rings. The molecule has 0 saturated heterocycles. The molecule has 0 bridgehead atoms. The van der Waals surface area contributed by atoms with Crippen LogP contribution in [0.4, 0.5) is 0 Å². The molecule has 0 fully saturated rings. The number of esters is 2. The van der Waals surface area contributed by atoms with Crippen LogP contribution < -0.4 is 0 Å². The van der Waals surface area contributed by atoms with Gasteiger partial charge in [-0.25, -0.2) is 0 Å².